The van der Waals surface area contributed by atoms with Gasteiger partial charge in [0.05, 0.1) is 6.20 Å². The van der Waals surface area contributed by atoms with Crippen molar-refractivity contribution in [1.29, 1.82) is 0 Å². The molecule has 0 bridgehead atoms. The van der Waals surface area contributed by atoms with Gasteiger partial charge in [0.2, 0.25) is 0 Å². The Morgan fingerprint density at radius 1 is 1.04 bits per heavy atom. The average Bonchev–Trinajstić information content (AvgIpc) is 3.19. The predicted octanol–water partition coefficient (Wildman–Crippen LogP) is 3.77. The third kappa shape index (κ3) is 2.46. The van der Waals surface area contributed by atoms with Crippen molar-refractivity contribution in [1.82, 2.24) is 10.2 Å². The fourth-order valence-corrected chi connectivity index (χ4v) is 3.07. The van der Waals surface area contributed by atoms with Crippen LogP contribution in [0, 0.1) is 0 Å². The van der Waals surface area contributed by atoms with Crippen molar-refractivity contribution in [3.63, 3.8) is 0 Å². The number of anilines is 1. The van der Waals surface area contributed by atoms with E-state index in [9.17, 15) is 4.79 Å². The highest BCUT2D eigenvalue weighted by molar-refractivity contribution is 5.83. The van der Waals surface area contributed by atoms with E-state index in [0.717, 1.165) is 0 Å². The smallest absolute Gasteiger partial charge is 0.412 e. The first-order chi connectivity index (χ1) is 11.3. The lowest BCUT2D eigenvalue weighted by molar-refractivity contribution is 0.158. The van der Waals surface area contributed by atoms with Crippen LogP contribution in [0.3, 0.4) is 0 Å². The van der Waals surface area contributed by atoms with Gasteiger partial charge in [-0.3, -0.25) is 10.4 Å². The molecule has 1 amide bonds. The molecular formula is C18H15N3O2. The second-order valence-electron chi connectivity index (χ2n) is 5.42. The summed E-state index contributed by atoms with van der Waals surface area (Å²) in [6, 6.07) is 18.2. The highest BCUT2D eigenvalue weighted by atomic mass is 16.5. The molecule has 1 aromatic heterocycles. The minimum Gasteiger partial charge on any atom is -0.448 e. The van der Waals surface area contributed by atoms with Gasteiger partial charge >= 0.3 is 6.09 Å². The molecule has 1 heterocycles. The maximum atomic E-state index is 11.9. The van der Waals surface area contributed by atoms with Gasteiger partial charge in [-0.2, -0.15) is 5.10 Å². The number of hydrogen-bond acceptors (Lipinski definition) is 3. The van der Waals surface area contributed by atoms with Crippen molar-refractivity contribution >= 4 is 11.9 Å². The number of ether oxygens (including phenoxy) is 1. The van der Waals surface area contributed by atoms with Crippen molar-refractivity contribution in [3.05, 3.63) is 71.9 Å². The monoisotopic (exact) mass is 305 g/mol. The molecule has 2 N–H and O–H groups in total. The topological polar surface area (TPSA) is 67.0 Å². The van der Waals surface area contributed by atoms with E-state index in [1.807, 2.05) is 24.3 Å². The number of aromatic amines is 1. The molecule has 0 aliphatic heterocycles. The van der Waals surface area contributed by atoms with E-state index < -0.39 is 6.09 Å². The fourth-order valence-electron chi connectivity index (χ4n) is 3.07. The van der Waals surface area contributed by atoms with Crippen LogP contribution in [0.25, 0.3) is 11.1 Å². The van der Waals surface area contributed by atoms with E-state index in [1.165, 1.54) is 22.3 Å². The fraction of sp³-hybridized carbons (Fsp3) is 0.111. The van der Waals surface area contributed by atoms with E-state index in [0.29, 0.717) is 12.4 Å². The summed E-state index contributed by atoms with van der Waals surface area (Å²) in [6.45, 7) is 0.300. The highest BCUT2D eigenvalue weighted by Crippen LogP contribution is 2.44. The number of rotatable bonds is 3. The number of carbonyl (C=O) groups excluding carboxylic acids is 1. The molecule has 4 rings (SSSR count). The molecule has 5 nitrogen and oxygen atoms in total. The summed E-state index contributed by atoms with van der Waals surface area (Å²) in [7, 11) is 0. The first-order valence-electron chi connectivity index (χ1n) is 7.44. The van der Waals surface area contributed by atoms with Crippen molar-refractivity contribution in [2.24, 2.45) is 0 Å². The largest absolute Gasteiger partial charge is 0.448 e. The van der Waals surface area contributed by atoms with Gasteiger partial charge < -0.3 is 4.74 Å². The molecule has 0 spiro atoms. The summed E-state index contributed by atoms with van der Waals surface area (Å²) in [5.41, 5.74) is 4.82. The molecule has 3 aromatic rings. The van der Waals surface area contributed by atoms with Crippen LogP contribution in [0.4, 0.5) is 10.6 Å². The maximum Gasteiger partial charge on any atom is 0.412 e. The van der Waals surface area contributed by atoms with E-state index >= 15 is 0 Å². The number of nitrogens with zero attached hydrogens (tertiary/aromatic N) is 1. The summed E-state index contributed by atoms with van der Waals surface area (Å²) in [6.07, 6.45) is 1.08. The number of amides is 1. The Morgan fingerprint density at radius 2 is 1.70 bits per heavy atom. The number of benzene rings is 2. The van der Waals surface area contributed by atoms with Crippen LogP contribution < -0.4 is 5.32 Å². The van der Waals surface area contributed by atoms with Gasteiger partial charge in [-0.1, -0.05) is 48.5 Å². The minimum absolute atomic E-state index is 0.0647. The Hall–Kier alpha value is -3.08. The summed E-state index contributed by atoms with van der Waals surface area (Å²) >= 11 is 0. The Bertz CT molecular complexity index is 797. The van der Waals surface area contributed by atoms with Gasteiger partial charge in [0.25, 0.3) is 0 Å². The van der Waals surface area contributed by atoms with Crippen LogP contribution in [0.2, 0.25) is 0 Å². The van der Waals surface area contributed by atoms with Gasteiger partial charge in [-0.25, -0.2) is 4.79 Å². The van der Waals surface area contributed by atoms with Gasteiger partial charge in [-0.05, 0) is 22.3 Å². The number of aromatic nitrogens is 2. The zero-order chi connectivity index (χ0) is 15.6. The molecule has 0 unspecified atom stereocenters. The van der Waals surface area contributed by atoms with E-state index in [4.69, 9.17) is 4.74 Å². The van der Waals surface area contributed by atoms with E-state index in [-0.39, 0.29) is 5.92 Å². The van der Waals surface area contributed by atoms with Crippen LogP contribution in [0.1, 0.15) is 17.0 Å². The average molecular weight is 305 g/mol. The van der Waals surface area contributed by atoms with Crippen molar-refractivity contribution in [2.45, 2.75) is 5.92 Å². The van der Waals surface area contributed by atoms with Gasteiger partial charge in [-0.15, -0.1) is 0 Å². The van der Waals surface area contributed by atoms with E-state index in [1.54, 1.807) is 12.3 Å². The summed E-state index contributed by atoms with van der Waals surface area (Å²) in [4.78, 5) is 11.9. The van der Waals surface area contributed by atoms with Crippen molar-refractivity contribution in [3.8, 4) is 11.1 Å². The lowest BCUT2D eigenvalue weighted by Crippen LogP contribution is -2.18. The minimum atomic E-state index is -0.490. The molecule has 1 aliphatic carbocycles. The molecule has 1 aliphatic rings. The molecular weight excluding hydrogens is 290 g/mol. The second kappa shape index (κ2) is 5.61. The first kappa shape index (κ1) is 13.6. The molecule has 0 saturated carbocycles. The third-order valence-corrected chi connectivity index (χ3v) is 4.08. The highest BCUT2D eigenvalue weighted by Gasteiger charge is 2.28. The Labute approximate surface area is 133 Å². The Kier molecular flexibility index (Phi) is 3.31. The van der Waals surface area contributed by atoms with Gasteiger partial charge in [0.15, 0.2) is 0 Å². The molecule has 2 aromatic carbocycles. The first-order valence-corrected chi connectivity index (χ1v) is 7.44. The molecule has 0 saturated heterocycles. The zero-order valence-electron chi connectivity index (χ0n) is 12.3. The molecule has 0 fully saturated rings. The third-order valence-electron chi connectivity index (χ3n) is 4.08. The maximum absolute atomic E-state index is 11.9. The standard InChI is InChI=1S/C18H15N3O2/c22-18(20-17-9-10-19-21-17)23-11-16-14-7-3-1-5-12(14)13-6-2-4-8-15(13)16/h1-10,16H,11H2,(H2,19,20,21,22). The number of nitrogens with one attached hydrogen (secondary N) is 2. The second-order valence-corrected chi connectivity index (χ2v) is 5.42. The lowest BCUT2D eigenvalue weighted by atomic mass is 9.98. The molecule has 114 valence electrons. The van der Waals surface area contributed by atoms with Gasteiger partial charge in [0, 0.05) is 12.0 Å². The van der Waals surface area contributed by atoms with Crippen LogP contribution in [-0.2, 0) is 4.74 Å². The Balaban J connectivity index is 1.54. The lowest BCUT2D eigenvalue weighted by Gasteiger charge is -2.14. The van der Waals surface area contributed by atoms with Crippen molar-refractivity contribution < 1.29 is 9.53 Å². The van der Waals surface area contributed by atoms with E-state index in [2.05, 4.69) is 39.8 Å². The summed E-state index contributed by atoms with van der Waals surface area (Å²) in [5.74, 6) is 0.581. The van der Waals surface area contributed by atoms with Crippen LogP contribution in [-0.4, -0.2) is 22.9 Å². The SMILES string of the molecule is O=C(Nc1ccn[nH]1)OCC1c2ccccc2-c2ccccc21. The molecule has 5 heteroatoms. The number of hydrogen-bond donors (Lipinski definition) is 2. The molecule has 0 atom stereocenters. The predicted molar refractivity (Wildman–Crippen MR) is 87.3 cm³/mol. The number of carbonyl (C=O) groups is 1. The quantitative estimate of drug-likeness (QED) is 0.774. The summed E-state index contributed by atoms with van der Waals surface area (Å²) in [5, 5.41) is 9.06. The normalized spacial score (nSPS) is 12.5. The van der Waals surface area contributed by atoms with Crippen LogP contribution >= 0.6 is 0 Å². The van der Waals surface area contributed by atoms with Crippen LogP contribution in [0.15, 0.2) is 60.8 Å². The number of fused-ring (bicyclic) bond motifs is 3. The number of H-pyrrole nitrogens is 1. The Morgan fingerprint density at radius 3 is 2.30 bits per heavy atom. The molecule has 0 radical (unpaired) electrons. The van der Waals surface area contributed by atoms with Crippen LogP contribution in [0.5, 0.6) is 0 Å². The van der Waals surface area contributed by atoms with Crippen molar-refractivity contribution in [2.75, 3.05) is 11.9 Å². The zero-order valence-corrected chi connectivity index (χ0v) is 12.3. The summed E-state index contributed by atoms with van der Waals surface area (Å²) < 4.78 is 5.42. The van der Waals surface area contributed by atoms with Gasteiger partial charge in [0.1, 0.15) is 12.4 Å². The molecule has 23 heavy (non-hydrogen) atoms.